The second kappa shape index (κ2) is 7.94. The van der Waals surface area contributed by atoms with E-state index in [1.165, 1.54) is 18.9 Å². The smallest absolute Gasteiger partial charge is 0.274 e. The van der Waals surface area contributed by atoms with Gasteiger partial charge in [-0.1, -0.05) is 18.2 Å². The molecule has 2 heterocycles. The summed E-state index contributed by atoms with van der Waals surface area (Å²) in [6.07, 6.45) is 5.14. The van der Waals surface area contributed by atoms with Gasteiger partial charge in [0, 0.05) is 37.2 Å². The molecule has 6 nitrogen and oxygen atoms in total. The number of amides is 1. The van der Waals surface area contributed by atoms with Gasteiger partial charge in [0.15, 0.2) is 0 Å². The lowest BCUT2D eigenvalue weighted by Crippen LogP contribution is -2.39. The number of para-hydroxylation sites is 1. The van der Waals surface area contributed by atoms with Crippen LogP contribution in [0.2, 0.25) is 0 Å². The predicted octanol–water partition coefficient (Wildman–Crippen LogP) is 2.90. The van der Waals surface area contributed by atoms with Crippen molar-refractivity contribution < 1.29 is 9.72 Å². The summed E-state index contributed by atoms with van der Waals surface area (Å²) in [6, 6.07) is 7.77. The standard InChI is InChI=1S/C17H23N3O3.ClH/c1-19(11-13-4-2-3-5-16(13)20(22)23)17(21)10-12-8-14-6-7-15(9-12)18-14;/h2-5,12,14-15,18H,6-11H2,1H3;1H. The number of rotatable bonds is 5. The number of halogens is 1. The number of nitrogens with zero attached hydrogens (tertiary/aromatic N) is 2. The van der Waals surface area contributed by atoms with Crippen molar-refractivity contribution in [1.82, 2.24) is 10.2 Å². The maximum Gasteiger partial charge on any atom is 0.274 e. The summed E-state index contributed by atoms with van der Waals surface area (Å²) in [6.45, 7) is 0.286. The van der Waals surface area contributed by atoms with Gasteiger partial charge in [-0.15, -0.1) is 12.4 Å². The Kier molecular flexibility index (Phi) is 6.18. The second-order valence-electron chi connectivity index (χ2n) is 6.82. The highest BCUT2D eigenvalue weighted by atomic mass is 35.5. The third-order valence-corrected chi connectivity index (χ3v) is 5.06. The summed E-state index contributed by atoms with van der Waals surface area (Å²) in [5.74, 6) is 0.518. The molecule has 24 heavy (non-hydrogen) atoms. The Morgan fingerprint density at radius 3 is 2.54 bits per heavy atom. The minimum absolute atomic E-state index is 0. The van der Waals surface area contributed by atoms with E-state index in [2.05, 4.69) is 5.32 Å². The van der Waals surface area contributed by atoms with Gasteiger partial charge in [-0.3, -0.25) is 14.9 Å². The first-order chi connectivity index (χ1) is 11.0. The minimum Gasteiger partial charge on any atom is -0.341 e. The Balaban J connectivity index is 0.00000208. The van der Waals surface area contributed by atoms with Crippen LogP contribution >= 0.6 is 12.4 Å². The van der Waals surface area contributed by atoms with Crippen molar-refractivity contribution in [1.29, 1.82) is 0 Å². The molecule has 7 heteroatoms. The minimum atomic E-state index is -0.391. The van der Waals surface area contributed by atoms with E-state index in [1.807, 2.05) is 0 Å². The third-order valence-electron chi connectivity index (χ3n) is 5.06. The first-order valence-corrected chi connectivity index (χ1v) is 8.25. The fraction of sp³-hybridized carbons (Fsp3) is 0.588. The molecule has 2 aliphatic heterocycles. The summed E-state index contributed by atoms with van der Waals surface area (Å²) in [5.41, 5.74) is 0.658. The lowest BCUT2D eigenvalue weighted by molar-refractivity contribution is -0.385. The molecule has 2 saturated heterocycles. The highest BCUT2D eigenvalue weighted by molar-refractivity contribution is 5.85. The first-order valence-electron chi connectivity index (χ1n) is 8.25. The van der Waals surface area contributed by atoms with Crippen LogP contribution in [0.1, 0.15) is 37.7 Å². The lowest BCUT2D eigenvalue weighted by Gasteiger charge is -2.30. The quantitative estimate of drug-likeness (QED) is 0.652. The van der Waals surface area contributed by atoms with Crippen LogP contribution in [-0.4, -0.2) is 34.9 Å². The molecule has 1 aromatic carbocycles. The molecular formula is C17H24ClN3O3. The number of carbonyl (C=O) groups is 1. The zero-order chi connectivity index (χ0) is 16.4. The zero-order valence-electron chi connectivity index (χ0n) is 13.8. The van der Waals surface area contributed by atoms with E-state index >= 15 is 0 Å². The van der Waals surface area contributed by atoms with E-state index in [9.17, 15) is 14.9 Å². The van der Waals surface area contributed by atoms with Crippen LogP contribution in [-0.2, 0) is 11.3 Å². The molecule has 2 atom stereocenters. The highest BCUT2D eigenvalue weighted by Crippen LogP contribution is 2.33. The van der Waals surface area contributed by atoms with Gasteiger partial charge in [0.1, 0.15) is 0 Å². The van der Waals surface area contributed by atoms with Crippen molar-refractivity contribution in [2.24, 2.45) is 5.92 Å². The van der Waals surface area contributed by atoms with Gasteiger partial charge in [0.05, 0.1) is 11.5 Å². The number of hydrogen-bond acceptors (Lipinski definition) is 4. The number of nitro groups is 1. The van der Waals surface area contributed by atoms with Gasteiger partial charge < -0.3 is 10.2 Å². The molecule has 0 saturated carbocycles. The Bertz CT molecular complexity index is 598. The Morgan fingerprint density at radius 1 is 1.29 bits per heavy atom. The molecule has 1 amide bonds. The normalized spacial score (nSPS) is 25.0. The summed E-state index contributed by atoms with van der Waals surface area (Å²) >= 11 is 0. The monoisotopic (exact) mass is 353 g/mol. The van der Waals surface area contributed by atoms with E-state index in [4.69, 9.17) is 0 Å². The van der Waals surface area contributed by atoms with Gasteiger partial charge >= 0.3 is 0 Å². The van der Waals surface area contributed by atoms with Gasteiger partial charge in [-0.25, -0.2) is 0 Å². The molecule has 0 radical (unpaired) electrons. The van der Waals surface area contributed by atoms with E-state index < -0.39 is 4.92 Å². The van der Waals surface area contributed by atoms with Crippen molar-refractivity contribution >= 4 is 24.0 Å². The molecule has 1 N–H and O–H groups in total. The Morgan fingerprint density at radius 2 is 1.92 bits per heavy atom. The highest BCUT2D eigenvalue weighted by Gasteiger charge is 2.34. The fourth-order valence-corrected chi connectivity index (χ4v) is 3.91. The average molecular weight is 354 g/mol. The first kappa shape index (κ1) is 18.7. The number of nitrogens with one attached hydrogen (secondary N) is 1. The number of hydrogen-bond donors (Lipinski definition) is 1. The molecule has 2 unspecified atom stereocenters. The molecule has 0 spiro atoms. The van der Waals surface area contributed by atoms with Crippen molar-refractivity contribution in [3.8, 4) is 0 Å². The molecule has 132 valence electrons. The average Bonchev–Trinajstić information content (AvgIpc) is 2.86. The number of nitro benzene ring substituents is 1. The van der Waals surface area contributed by atoms with Crippen molar-refractivity contribution in [3.05, 3.63) is 39.9 Å². The number of piperidine rings is 1. The van der Waals surface area contributed by atoms with Crippen molar-refractivity contribution in [3.63, 3.8) is 0 Å². The maximum absolute atomic E-state index is 12.5. The van der Waals surface area contributed by atoms with Crippen LogP contribution in [0.4, 0.5) is 5.69 Å². The van der Waals surface area contributed by atoms with Crippen molar-refractivity contribution in [2.75, 3.05) is 7.05 Å². The predicted molar refractivity (Wildman–Crippen MR) is 94.1 cm³/mol. The van der Waals surface area contributed by atoms with Crippen LogP contribution in [0.3, 0.4) is 0 Å². The molecule has 2 bridgehead atoms. The Labute approximate surface area is 148 Å². The number of benzene rings is 1. The number of fused-ring (bicyclic) bond motifs is 2. The molecule has 0 aromatic heterocycles. The van der Waals surface area contributed by atoms with Crippen LogP contribution in [0, 0.1) is 16.0 Å². The maximum atomic E-state index is 12.5. The summed E-state index contributed by atoms with van der Waals surface area (Å²) in [7, 11) is 1.73. The summed E-state index contributed by atoms with van der Waals surface area (Å²) < 4.78 is 0. The molecule has 2 aliphatic rings. The topological polar surface area (TPSA) is 75.5 Å². The SMILES string of the molecule is CN(Cc1ccccc1[N+](=O)[O-])C(=O)CC1CC2CCC(C1)N2.Cl. The Hall–Kier alpha value is -1.66. The van der Waals surface area contributed by atoms with Crippen LogP contribution in [0.15, 0.2) is 24.3 Å². The largest absolute Gasteiger partial charge is 0.341 e. The van der Waals surface area contributed by atoms with Gasteiger partial charge in [-0.05, 0) is 31.6 Å². The van der Waals surface area contributed by atoms with E-state index in [0.717, 1.165) is 12.8 Å². The molecule has 0 aliphatic carbocycles. The van der Waals surface area contributed by atoms with E-state index in [-0.39, 0.29) is 30.5 Å². The van der Waals surface area contributed by atoms with Crippen LogP contribution < -0.4 is 5.32 Å². The lowest BCUT2D eigenvalue weighted by atomic mass is 9.89. The van der Waals surface area contributed by atoms with Crippen LogP contribution in [0.25, 0.3) is 0 Å². The molecular weight excluding hydrogens is 330 g/mol. The van der Waals surface area contributed by atoms with E-state index in [1.54, 1.807) is 30.1 Å². The third kappa shape index (κ3) is 4.24. The number of carbonyl (C=O) groups excluding carboxylic acids is 1. The van der Waals surface area contributed by atoms with Gasteiger partial charge in [-0.2, -0.15) is 0 Å². The van der Waals surface area contributed by atoms with Gasteiger partial charge in [0.2, 0.25) is 5.91 Å². The molecule has 3 rings (SSSR count). The zero-order valence-corrected chi connectivity index (χ0v) is 14.6. The summed E-state index contributed by atoms with van der Waals surface area (Å²) in [4.78, 5) is 24.8. The van der Waals surface area contributed by atoms with E-state index in [0.29, 0.717) is 30.0 Å². The molecule has 2 fully saturated rings. The fourth-order valence-electron chi connectivity index (χ4n) is 3.91. The summed E-state index contributed by atoms with van der Waals surface area (Å²) in [5, 5.41) is 14.6. The molecule has 1 aromatic rings. The van der Waals surface area contributed by atoms with Crippen LogP contribution in [0.5, 0.6) is 0 Å². The second-order valence-corrected chi connectivity index (χ2v) is 6.82. The van der Waals surface area contributed by atoms with Gasteiger partial charge in [0.25, 0.3) is 5.69 Å². The van der Waals surface area contributed by atoms with Crippen molar-refractivity contribution in [2.45, 2.75) is 50.7 Å².